The van der Waals surface area contributed by atoms with E-state index >= 15 is 0 Å². The molecule has 2 fully saturated rings. The van der Waals surface area contributed by atoms with E-state index < -0.39 is 0 Å². The van der Waals surface area contributed by atoms with Crippen molar-refractivity contribution in [2.45, 2.75) is 69.7 Å². The number of benzene rings is 1. The summed E-state index contributed by atoms with van der Waals surface area (Å²) in [7, 11) is 0. The third-order valence-electron chi connectivity index (χ3n) is 6.04. The summed E-state index contributed by atoms with van der Waals surface area (Å²) >= 11 is 0. The second kappa shape index (κ2) is 7.42. The summed E-state index contributed by atoms with van der Waals surface area (Å²) < 4.78 is 5.58. The molecule has 2 aliphatic heterocycles. The molecule has 3 aliphatic rings. The molecule has 4 nitrogen and oxygen atoms in total. The van der Waals surface area contributed by atoms with Crippen molar-refractivity contribution >= 4 is 0 Å². The summed E-state index contributed by atoms with van der Waals surface area (Å²) in [6.45, 7) is 4.02. The fourth-order valence-corrected chi connectivity index (χ4v) is 4.56. The number of likely N-dealkylation sites (tertiary alicyclic amines) is 1. The first-order valence-electron chi connectivity index (χ1n) is 9.70. The minimum Gasteiger partial charge on any atom is -0.493 e. The van der Waals surface area contributed by atoms with Crippen molar-refractivity contribution in [3.8, 4) is 5.75 Å². The van der Waals surface area contributed by atoms with Crippen LogP contribution in [-0.4, -0.2) is 47.9 Å². The van der Waals surface area contributed by atoms with Crippen LogP contribution >= 0.6 is 0 Å². The zero-order valence-electron chi connectivity index (χ0n) is 14.5. The Balaban J connectivity index is 1.24. The normalized spacial score (nSPS) is 28.5. The van der Waals surface area contributed by atoms with Crippen molar-refractivity contribution in [3.05, 3.63) is 29.3 Å². The predicted octanol–water partition coefficient (Wildman–Crippen LogP) is 2.48. The van der Waals surface area contributed by atoms with Crippen LogP contribution in [0.3, 0.4) is 0 Å². The van der Waals surface area contributed by atoms with Gasteiger partial charge < -0.3 is 15.2 Å². The number of fused-ring (bicyclic) bond motifs is 1. The fraction of sp³-hybridized carbons (Fsp3) is 0.700. The summed E-state index contributed by atoms with van der Waals surface area (Å²) in [4.78, 5) is 2.54. The highest BCUT2D eigenvalue weighted by Crippen LogP contribution is 2.27. The van der Waals surface area contributed by atoms with Crippen LogP contribution in [-0.2, 0) is 13.0 Å². The van der Waals surface area contributed by atoms with E-state index in [9.17, 15) is 5.11 Å². The van der Waals surface area contributed by atoms with Gasteiger partial charge in [-0.1, -0.05) is 25.0 Å². The number of aliphatic hydroxyl groups excluding tert-OH is 1. The summed E-state index contributed by atoms with van der Waals surface area (Å²) in [6, 6.07) is 7.61. The Kier molecular flexibility index (Phi) is 5.06. The molecule has 1 aromatic rings. The number of ether oxygens (including phenoxy) is 1. The summed E-state index contributed by atoms with van der Waals surface area (Å²) in [5.41, 5.74) is 2.72. The molecule has 2 heterocycles. The maximum absolute atomic E-state index is 10.2. The molecule has 0 bridgehead atoms. The first-order chi connectivity index (χ1) is 11.8. The van der Waals surface area contributed by atoms with Gasteiger partial charge in [-0.2, -0.15) is 0 Å². The zero-order chi connectivity index (χ0) is 16.4. The van der Waals surface area contributed by atoms with E-state index in [-0.39, 0.29) is 6.10 Å². The van der Waals surface area contributed by atoms with Gasteiger partial charge in [0.15, 0.2) is 0 Å². The standard InChI is InChI=1S/C20H30N2O2/c23-19-4-2-1-3-18(19)22-10-7-17(8-11-22)21-14-15-5-6-20-16(13-15)9-12-24-20/h5-6,13,17-19,21,23H,1-4,7-12,14H2. The molecule has 2 N–H and O–H groups in total. The number of nitrogens with one attached hydrogen (secondary N) is 1. The molecule has 1 saturated heterocycles. The molecule has 4 rings (SSSR count). The number of aliphatic hydroxyl groups is 1. The Bertz CT molecular complexity index is 555. The van der Waals surface area contributed by atoms with E-state index in [0.29, 0.717) is 12.1 Å². The molecule has 0 spiro atoms. The van der Waals surface area contributed by atoms with Crippen molar-refractivity contribution in [1.82, 2.24) is 10.2 Å². The third kappa shape index (κ3) is 3.61. The van der Waals surface area contributed by atoms with Gasteiger partial charge in [0.1, 0.15) is 5.75 Å². The summed E-state index contributed by atoms with van der Waals surface area (Å²) in [6.07, 6.45) is 7.97. The number of nitrogens with zero attached hydrogens (tertiary/aromatic N) is 1. The van der Waals surface area contributed by atoms with Crippen molar-refractivity contribution in [3.63, 3.8) is 0 Å². The lowest BCUT2D eigenvalue weighted by Crippen LogP contribution is -2.51. The van der Waals surface area contributed by atoms with E-state index in [2.05, 4.69) is 28.4 Å². The van der Waals surface area contributed by atoms with Gasteiger partial charge >= 0.3 is 0 Å². The molecule has 4 heteroatoms. The van der Waals surface area contributed by atoms with E-state index in [1.165, 1.54) is 43.2 Å². The average molecular weight is 330 g/mol. The highest BCUT2D eigenvalue weighted by molar-refractivity contribution is 5.39. The predicted molar refractivity (Wildman–Crippen MR) is 95.3 cm³/mol. The molecule has 2 unspecified atom stereocenters. The Morgan fingerprint density at radius 1 is 1.12 bits per heavy atom. The van der Waals surface area contributed by atoms with Gasteiger partial charge in [-0.25, -0.2) is 0 Å². The van der Waals surface area contributed by atoms with Gasteiger partial charge in [0, 0.05) is 38.1 Å². The SMILES string of the molecule is OC1CCCCC1N1CCC(NCc2ccc3c(c2)CCO3)CC1. The number of hydrogen-bond donors (Lipinski definition) is 2. The van der Waals surface area contributed by atoms with Crippen LogP contribution in [0.1, 0.15) is 49.7 Å². The maximum Gasteiger partial charge on any atom is 0.122 e. The Hall–Kier alpha value is -1.10. The quantitative estimate of drug-likeness (QED) is 0.890. The minimum atomic E-state index is -0.100. The molecule has 2 atom stereocenters. The van der Waals surface area contributed by atoms with Crippen LogP contribution in [0.4, 0.5) is 0 Å². The monoisotopic (exact) mass is 330 g/mol. The number of rotatable bonds is 4. The average Bonchev–Trinajstić information content (AvgIpc) is 3.09. The molecule has 1 aliphatic carbocycles. The van der Waals surface area contributed by atoms with Crippen LogP contribution in [0.2, 0.25) is 0 Å². The number of piperidine rings is 1. The third-order valence-corrected chi connectivity index (χ3v) is 6.04. The fourth-order valence-electron chi connectivity index (χ4n) is 4.56. The van der Waals surface area contributed by atoms with Crippen LogP contribution in [0.25, 0.3) is 0 Å². The van der Waals surface area contributed by atoms with Crippen molar-refractivity contribution in [2.24, 2.45) is 0 Å². The highest BCUT2D eigenvalue weighted by Gasteiger charge is 2.31. The molecule has 0 radical (unpaired) electrons. The Labute approximate surface area is 145 Å². The van der Waals surface area contributed by atoms with Crippen LogP contribution in [0.5, 0.6) is 5.75 Å². The lowest BCUT2D eigenvalue weighted by molar-refractivity contribution is 0.00714. The van der Waals surface area contributed by atoms with E-state index in [1.54, 1.807) is 0 Å². The highest BCUT2D eigenvalue weighted by atomic mass is 16.5. The lowest BCUT2D eigenvalue weighted by atomic mass is 9.89. The number of hydrogen-bond acceptors (Lipinski definition) is 4. The second-order valence-electron chi connectivity index (χ2n) is 7.65. The van der Waals surface area contributed by atoms with Crippen molar-refractivity contribution < 1.29 is 9.84 Å². The van der Waals surface area contributed by atoms with E-state index in [0.717, 1.165) is 44.8 Å². The molecule has 1 aromatic carbocycles. The molecular weight excluding hydrogens is 300 g/mol. The molecule has 24 heavy (non-hydrogen) atoms. The smallest absolute Gasteiger partial charge is 0.122 e. The van der Waals surface area contributed by atoms with E-state index in [4.69, 9.17) is 4.74 Å². The topological polar surface area (TPSA) is 44.7 Å². The molecule has 132 valence electrons. The molecule has 1 saturated carbocycles. The van der Waals surface area contributed by atoms with Gasteiger partial charge in [-0.3, -0.25) is 4.90 Å². The van der Waals surface area contributed by atoms with Crippen molar-refractivity contribution in [2.75, 3.05) is 19.7 Å². The Morgan fingerprint density at radius 3 is 2.79 bits per heavy atom. The van der Waals surface area contributed by atoms with Gasteiger partial charge in [0.25, 0.3) is 0 Å². The van der Waals surface area contributed by atoms with Crippen LogP contribution in [0, 0.1) is 0 Å². The minimum absolute atomic E-state index is 0.100. The lowest BCUT2D eigenvalue weighted by Gasteiger charge is -2.41. The summed E-state index contributed by atoms with van der Waals surface area (Å²) in [5.74, 6) is 1.07. The first-order valence-corrected chi connectivity index (χ1v) is 9.70. The van der Waals surface area contributed by atoms with Gasteiger partial charge in [-0.15, -0.1) is 0 Å². The Morgan fingerprint density at radius 2 is 1.96 bits per heavy atom. The zero-order valence-corrected chi connectivity index (χ0v) is 14.5. The summed E-state index contributed by atoms with van der Waals surface area (Å²) in [5, 5.41) is 14.0. The largest absolute Gasteiger partial charge is 0.493 e. The molecule has 0 amide bonds. The first kappa shape index (κ1) is 16.4. The second-order valence-corrected chi connectivity index (χ2v) is 7.65. The van der Waals surface area contributed by atoms with Crippen molar-refractivity contribution in [1.29, 1.82) is 0 Å². The van der Waals surface area contributed by atoms with Gasteiger partial charge in [0.2, 0.25) is 0 Å². The van der Waals surface area contributed by atoms with Crippen LogP contribution < -0.4 is 10.1 Å². The molecular formula is C20H30N2O2. The van der Waals surface area contributed by atoms with Gasteiger partial charge in [0.05, 0.1) is 12.7 Å². The maximum atomic E-state index is 10.2. The van der Waals surface area contributed by atoms with E-state index in [1.807, 2.05) is 0 Å². The molecule has 0 aromatic heterocycles. The van der Waals surface area contributed by atoms with Gasteiger partial charge in [-0.05, 0) is 42.9 Å². The van der Waals surface area contributed by atoms with Crippen LogP contribution in [0.15, 0.2) is 18.2 Å².